The number of ether oxygens (including phenoxy) is 2. The first kappa shape index (κ1) is 15.5. The number of hydrogen-bond acceptors (Lipinski definition) is 4. The van der Waals surface area contributed by atoms with E-state index < -0.39 is 0 Å². The van der Waals surface area contributed by atoms with Crippen LogP contribution < -0.4 is 10.1 Å². The minimum Gasteiger partial charge on any atom is -0.477 e. The molecule has 4 nitrogen and oxygen atoms in total. The first-order valence-electron chi connectivity index (χ1n) is 7.36. The quantitative estimate of drug-likeness (QED) is 0.786. The highest BCUT2D eigenvalue weighted by molar-refractivity contribution is 6.31. The molecule has 2 rings (SSSR count). The number of aromatic nitrogens is 1. The van der Waals surface area contributed by atoms with Gasteiger partial charge in [0.15, 0.2) is 0 Å². The van der Waals surface area contributed by atoms with Crippen LogP contribution >= 0.6 is 11.6 Å². The van der Waals surface area contributed by atoms with Crippen LogP contribution in [-0.2, 0) is 11.3 Å². The average molecular weight is 299 g/mol. The summed E-state index contributed by atoms with van der Waals surface area (Å²) < 4.78 is 11.1. The maximum absolute atomic E-state index is 6.15. The van der Waals surface area contributed by atoms with Crippen LogP contribution in [0.15, 0.2) is 12.1 Å². The molecule has 1 aliphatic rings. The first-order valence-corrected chi connectivity index (χ1v) is 7.74. The predicted molar refractivity (Wildman–Crippen MR) is 80.3 cm³/mol. The molecular weight excluding hydrogens is 276 g/mol. The normalized spacial score (nSPS) is 16.3. The smallest absolute Gasteiger partial charge is 0.213 e. The lowest BCUT2D eigenvalue weighted by Crippen LogP contribution is -2.22. The summed E-state index contributed by atoms with van der Waals surface area (Å²) in [6.45, 7) is 6.17. The molecule has 5 heteroatoms. The van der Waals surface area contributed by atoms with Crippen molar-refractivity contribution in [3.8, 4) is 5.88 Å². The number of nitrogens with zero attached hydrogens (tertiary/aromatic N) is 1. The summed E-state index contributed by atoms with van der Waals surface area (Å²) in [5, 5.41) is 3.99. The van der Waals surface area contributed by atoms with Crippen molar-refractivity contribution in [2.75, 3.05) is 26.4 Å². The number of pyridine rings is 1. The second-order valence-corrected chi connectivity index (χ2v) is 5.53. The van der Waals surface area contributed by atoms with Crippen LogP contribution in [0.5, 0.6) is 5.88 Å². The lowest BCUT2D eigenvalue weighted by atomic mass is 10.0. The molecule has 1 fully saturated rings. The molecule has 1 saturated heterocycles. The molecule has 0 amide bonds. The van der Waals surface area contributed by atoms with Crippen LogP contribution in [0.4, 0.5) is 0 Å². The predicted octanol–water partition coefficient (Wildman–Crippen LogP) is 3.04. The second-order valence-electron chi connectivity index (χ2n) is 5.12. The highest BCUT2D eigenvalue weighted by Gasteiger charge is 2.15. The van der Waals surface area contributed by atoms with Crippen LogP contribution in [-0.4, -0.2) is 31.3 Å². The van der Waals surface area contributed by atoms with Crippen molar-refractivity contribution in [2.45, 2.75) is 32.7 Å². The Balaban J connectivity index is 1.85. The van der Waals surface area contributed by atoms with Gasteiger partial charge in [0.1, 0.15) is 0 Å². The van der Waals surface area contributed by atoms with Gasteiger partial charge in [-0.05, 0) is 37.8 Å². The summed E-state index contributed by atoms with van der Waals surface area (Å²) in [6, 6.07) is 3.70. The van der Waals surface area contributed by atoms with Crippen molar-refractivity contribution in [1.29, 1.82) is 0 Å². The van der Waals surface area contributed by atoms with Crippen molar-refractivity contribution in [3.05, 3.63) is 22.8 Å². The third-order valence-corrected chi connectivity index (χ3v) is 3.76. The van der Waals surface area contributed by atoms with Gasteiger partial charge in [-0.1, -0.05) is 18.5 Å². The highest BCUT2D eigenvalue weighted by Crippen LogP contribution is 2.20. The minimum atomic E-state index is 0.572. The van der Waals surface area contributed by atoms with E-state index in [9.17, 15) is 0 Å². The summed E-state index contributed by atoms with van der Waals surface area (Å²) in [5.41, 5.74) is 0.851. The van der Waals surface area contributed by atoms with E-state index in [1.165, 1.54) is 0 Å². The van der Waals surface area contributed by atoms with Gasteiger partial charge in [0.05, 0.1) is 17.3 Å². The van der Waals surface area contributed by atoms with E-state index in [0.29, 0.717) is 30.0 Å². The fourth-order valence-electron chi connectivity index (χ4n) is 2.17. The van der Waals surface area contributed by atoms with Crippen LogP contribution in [0.25, 0.3) is 0 Å². The SMILES string of the molecule is CCCNCc1nc(OCC2CCOCC2)ccc1Cl. The van der Waals surface area contributed by atoms with Crippen molar-refractivity contribution in [3.63, 3.8) is 0 Å². The molecular formula is C15H23ClN2O2. The topological polar surface area (TPSA) is 43.4 Å². The van der Waals surface area contributed by atoms with Crippen LogP contribution in [0.1, 0.15) is 31.9 Å². The molecule has 0 unspecified atom stereocenters. The Morgan fingerprint density at radius 3 is 2.95 bits per heavy atom. The summed E-state index contributed by atoms with van der Waals surface area (Å²) in [7, 11) is 0. The fourth-order valence-corrected chi connectivity index (χ4v) is 2.34. The molecule has 1 aromatic heterocycles. The van der Waals surface area contributed by atoms with Gasteiger partial charge in [-0.25, -0.2) is 4.98 Å². The van der Waals surface area contributed by atoms with Gasteiger partial charge in [0, 0.05) is 25.8 Å². The molecule has 1 aromatic rings. The molecule has 0 atom stereocenters. The molecule has 0 saturated carbocycles. The van der Waals surface area contributed by atoms with Crippen LogP contribution in [0, 0.1) is 5.92 Å². The van der Waals surface area contributed by atoms with Crippen LogP contribution in [0.2, 0.25) is 5.02 Å². The Morgan fingerprint density at radius 1 is 1.40 bits per heavy atom. The number of nitrogens with one attached hydrogen (secondary N) is 1. The molecule has 0 aliphatic carbocycles. The van der Waals surface area contributed by atoms with E-state index in [-0.39, 0.29) is 0 Å². The monoisotopic (exact) mass is 298 g/mol. The van der Waals surface area contributed by atoms with E-state index in [0.717, 1.165) is 44.7 Å². The molecule has 112 valence electrons. The largest absolute Gasteiger partial charge is 0.477 e. The van der Waals surface area contributed by atoms with E-state index in [1.807, 2.05) is 12.1 Å². The van der Waals surface area contributed by atoms with Gasteiger partial charge in [0.25, 0.3) is 0 Å². The van der Waals surface area contributed by atoms with E-state index in [4.69, 9.17) is 21.1 Å². The van der Waals surface area contributed by atoms with E-state index in [2.05, 4.69) is 17.2 Å². The third kappa shape index (κ3) is 4.93. The fraction of sp³-hybridized carbons (Fsp3) is 0.667. The van der Waals surface area contributed by atoms with Crippen molar-refractivity contribution in [1.82, 2.24) is 10.3 Å². The number of halogens is 1. The zero-order valence-corrected chi connectivity index (χ0v) is 12.8. The average Bonchev–Trinajstić information content (AvgIpc) is 2.49. The summed E-state index contributed by atoms with van der Waals surface area (Å²) in [6.07, 6.45) is 3.23. The van der Waals surface area contributed by atoms with E-state index in [1.54, 1.807) is 0 Å². The molecule has 1 N–H and O–H groups in total. The first-order chi connectivity index (χ1) is 9.79. The Kier molecular flexibility index (Phi) is 6.57. The minimum absolute atomic E-state index is 0.572. The van der Waals surface area contributed by atoms with Gasteiger partial charge < -0.3 is 14.8 Å². The second kappa shape index (κ2) is 8.45. The standard InChI is InChI=1S/C15H23ClN2O2/c1-2-7-17-10-14-13(16)3-4-15(18-14)20-11-12-5-8-19-9-6-12/h3-4,12,17H,2,5-11H2,1H3. The molecule has 0 bridgehead atoms. The Morgan fingerprint density at radius 2 is 2.20 bits per heavy atom. The van der Waals surface area contributed by atoms with Gasteiger partial charge in [-0.3, -0.25) is 0 Å². The molecule has 1 aliphatic heterocycles. The van der Waals surface area contributed by atoms with E-state index >= 15 is 0 Å². The van der Waals surface area contributed by atoms with Gasteiger partial charge in [-0.2, -0.15) is 0 Å². The molecule has 0 aromatic carbocycles. The maximum atomic E-state index is 6.15. The lowest BCUT2D eigenvalue weighted by Gasteiger charge is -2.21. The Bertz CT molecular complexity index is 409. The summed E-state index contributed by atoms with van der Waals surface area (Å²) in [5.74, 6) is 1.23. The number of rotatable bonds is 7. The molecule has 2 heterocycles. The van der Waals surface area contributed by atoms with Crippen molar-refractivity contribution < 1.29 is 9.47 Å². The highest BCUT2D eigenvalue weighted by atomic mass is 35.5. The summed E-state index contributed by atoms with van der Waals surface area (Å²) >= 11 is 6.15. The third-order valence-electron chi connectivity index (χ3n) is 3.42. The molecule has 0 spiro atoms. The van der Waals surface area contributed by atoms with Gasteiger partial charge >= 0.3 is 0 Å². The Labute approximate surface area is 125 Å². The molecule has 20 heavy (non-hydrogen) atoms. The van der Waals surface area contributed by atoms with Crippen LogP contribution in [0.3, 0.4) is 0 Å². The lowest BCUT2D eigenvalue weighted by molar-refractivity contribution is 0.0490. The Hall–Kier alpha value is -0.840. The molecule has 0 radical (unpaired) electrons. The number of hydrogen-bond donors (Lipinski definition) is 1. The zero-order valence-electron chi connectivity index (χ0n) is 12.0. The zero-order chi connectivity index (χ0) is 14.2. The van der Waals surface area contributed by atoms with Crippen molar-refractivity contribution in [2.24, 2.45) is 5.92 Å². The van der Waals surface area contributed by atoms with Gasteiger partial charge in [0.2, 0.25) is 5.88 Å². The van der Waals surface area contributed by atoms with Crippen molar-refractivity contribution >= 4 is 11.6 Å². The maximum Gasteiger partial charge on any atom is 0.213 e. The van der Waals surface area contributed by atoms with Gasteiger partial charge in [-0.15, -0.1) is 0 Å². The summed E-state index contributed by atoms with van der Waals surface area (Å²) in [4.78, 5) is 4.48.